The maximum absolute atomic E-state index is 12.0. The van der Waals surface area contributed by atoms with Crippen molar-refractivity contribution in [3.8, 4) is 17.2 Å². The number of esters is 1. The van der Waals surface area contributed by atoms with Crippen molar-refractivity contribution in [1.29, 1.82) is 5.26 Å². The van der Waals surface area contributed by atoms with E-state index in [1.807, 2.05) is 12.1 Å². The number of rotatable bonds is 10. The summed E-state index contributed by atoms with van der Waals surface area (Å²) in [5, 5.41) is 20.7. The zero-order chi connectivity index (χ0) is 21.9. The lowest BCUT2D eigenvalue weighted by Gasteiger charge is -2.17. The second-order valence-corrected chi connectivity index (χ2v) is 6.55. The standard InChI is InChI=1S/C23H22N2O5/c1-2-30-23(29)14-19(25-21(26)11-12-22(27)28)13-16-7-9-17(10-8-16)20-6-4-3-5-18(20)15-24/h3-7,9,19H,2,11-14H2,1H3,(H,25,26)(H,27,28)/t19-/m1/s1. The molecule has 7 nitrogen and oxygen atoms in total. The van der Waals surface area contributed by atoms with Gasteiger partial charge in [-0.15, -0.1) is 0 Å². The van der Waals surface area contributed by atoms with Gasteiger partial charge in [0.25, 0.3) is 0 Å². The van der Waals surface area contributed by atoms with Crippen molar-refractivity contribution in [3.05, 3.63) is 59.7 Å². The Labute approximate surface area is 175 Å². The minimum Gasteiger partial charge on any atom is -0.481 e. The molecule has 0 saturated heterocycles. The van der Waals surface area contributed by atoms with Crippen LogP contribution in [0.15, 0.2) is 36.4 Å². The maximum Gasteiger partial charge on any atom is 0.307 e. The summed E-state index contributed by atoms with van der Waals surface area (Å²) in [6, 6.07) is 18.4. The second kappa shape index (κ2) is 11.2. The van der Waals surface area contributed by atoms with E-state index >= 15 is 0 Å². The lowest BCUT2D eigenvalue weighted by atomic mass is 9.99. The molecule has 0 aliphatic heterocycles. The molecule has 30 heavy (non-hydrogen) atoms. The van der Waals surface area contributed by atoms with Crippen LogP contribution in [0.4, 0.5) is 0 Å². The minimum atomic E-state index is -1.07. The largest absolute Gasteiger partial charge is 0.481 e. The average Bonchev–Trinajstić information content (AvgIpc) is 2.73. The molecular weight excluding hydrogens is 384 g/mol. The van der Waals surface area contributed by atoms with E-state index in [2.05, 4.69) is 23.5 Å². The van der Waals surface area contributed by atoms with E-state index in [1.54, 1.807) is 31.2 Å². The summed E-state index contributed by atoms with van der Waals surface area (Å²) in [6.45, 7) is 1.92. The summed E-state index contributed by atoms with van der Waals surface area (Å²) in [5.74, 6) is -1.97. The number of ether oxygens (including phenoxy) is 1. The molecule has 0 aliphatic carbocycles. The van der Waals surface area contributed by atoms with E-state index in [0.29, 0.717) is 23.1 Å². The summed E-state index contributed by atoms with van der Waals surface area (Å²) in [7, 11) is 0. The van der Waals surface area contributed by atoms with Crippen molar-refractivity contribution in [1.82, 2.24) is 5.32 Å². The number of benzene rings is 1. The number of amides is 1. The normalized spacial score (nSPS) is 10.9. The molecule has 2 rings (SSSR count). The van der Waals surface area contributed by atoms with Crippen molar-refractivity contribution >= 4 is 17.8 Å². The first-order chi connectivity index (χ1) is 14.4. The highest BCUT2D eigenvalue weighted by Gasteiger charge is 2.18. The number of aliphatic carboxylic acids is 1. The first-order valence-corrected chi connectivity index (χ1v) is 9.52. The van der Waals surface area contributed by atoms with Gasteiger partial charge in [0.05, 0.1) is 31.1 Å². The number of carboxylic acids is 1. The van der Waals surface area contributed by atoms with Gasteiger partial charge in [0, 0.05) is 35.6 Å². The smallest absolute Gasteiger partial charge is 0.307 e. The molecular formula is C23H22N2O5. The lowest BCUT2D eigenvalue weighted by molar-refractivity contribution is -0.144. The molecule has 0 aliphatic rings. The summed E-state index contributed by atoms with van der Waals surface area (Å²) in [4.78, 5) is 34.6. The van der Waals surface area contributed by atoms with Crippen molar-refractivity contribution in [2.75, 3.05) is 6.61 Å². The van der Waals surface area contributed by atoms with Crippen molar-refractivity contribution in [2.45, 2.75) is 38.6 Å². The maximum atomic E-state index is 12.0. The van der Waals surface area contributed by atoms with Gasteiger partial charge in [-0.25, -0.2) is 0 Å². The van der Waals surface area contributed by atoms with Gasteiger partial charge in [-0.05, 0) is 25.1 Å². The van der Waals surface area contributed by atoms with Crippen molar-refractivity contribution < 1.29 is 24.2 Å². The Morgan fingerprint density at radius 3 is 2.57 bits per heavy atom. The molecule has 1 atom stereocenters. The summed E-state index contributed by atoms with van der Waals surface area (Å²) < 4.78 is 4.96. The van der Waals surface area contributed by atoms with Crippen LogP contribution in [0.3, 0.4) is 0 Å². The van der Waals surface area contributed by atoms with Gasteiger partial charge in [-0.3, -0.25) is 14.4 Å². The number of hydrogen-bond acceptors (Lipinski definition) is 5. The highest BCUT2D eigenvalue weighted by atomic mass is 16.5. The number of carboxylic acid groups (broad SMARTS) is 1. The Morgan fingerprint density at radius 2 is 1.93 bits per heavy atom. The summed E-state index contributed by atoms with van der Waals surface area (Å²) >= 11 is 0. The number of nitrogens with zero attached hydrogens (tertiary/aromatic N) is 1. The van der Waals surface area contributed by atoms with Crippen LogP contribution < -0.4 is 5.32 Å². The van der Waals surface area contributed by atoms with Gasteiger partial charge in [-0.2, -0.15) is 5.26 Å². The van der Waals surface area contributed by atoms with Crippen molar-refractivity contribution in [2.24, 2.45) is 0 Å². The molecule has 0 radical (unpaired) electrons. The van der Waals surface area contributed by atoms with E-state index in [0.717, 1.165) is 5.56 Å². The molecule has 0 saturated carbocycles. The molecule has 0 heterocycles. The zero-order valence-electron chi connectivity index (χ0n) is 16.6. The molecule has 0 bridgehead atoms. The second-order valence-electron chi connectivity index (χ2n) is 6.55. The first-order valence-electron chi connectivity index (χ1n) is 9.52. The van der Waals surface area contributed by atoms with E-state index in [-0.39, 0.29) is 25.9 Å². The van der Waals surface area contributed by atoms with Gasteiger partial charge in [-0.1, -0.05) is 30.3 Å². The van der Waals surface area contributed by atoms with Gasteiger partial charge < -0.3 is 15.2 Å². The van der Waals surface area contributed by atoms with Crippen LogP contribution in [0.5, 0.6) is 0 Å². The SMILES string of the molecule is CCOC(=O)C[C@@H](Cc1c#cc(-c2ccccc2C#N)cc1)NC(=O)CCC(=O)O. The molecule has 2 N–H and O–H groups in total. The molecule has 1 amide bonds. The molecule has 7 heteroatoms. The molecule has 0 aromatic heterocycles. The molecule has 154 valence electrons. The van der Waals surface area contributed by atoms with Crippen LogP contribution in [0.2, 0.25) is 0 Å². The van der Waals surface area contributed by atoms with Crippen LogP contribution in [0, 0.1) is 23.5 Å². The fourth-order valence-electron chi connectivity index (χ4n) is 2.89. The lowest BCUT2D eigenvalue weighted by Crippen LogP contribution is -2.38. The van der Waals surface area contributed by atoms with Gasteiger partial charge in [0.1, 0.15) is 0 Å². The number of nitrogens with one attached hydrogen (secondary N) is 1. The predicted octanol–water partition coefficient (Wildman–Crippen LogP) is 2.67. The number of nitriles is 1. The average molecular weight is 406 g/mol. The van der Waals surface area contributed by atoms with E-state index in [9.17, 15) is 19.6 Å². The molecule has 0 fully saturated rings. The Hall–Kier alpha value is -3.84. The van der Waals surface area contributed by atoms with Crippen LogP contribution in [0.1, 0.15) is 37.3 Å². The molecule has 0 unspecified atom stereocenters. The predicted molar refractivity (Wildman–Crippen MR) is 108 cm³/mol. The summed E-state index contributed by atoms with van der Waals surface area (Å²) in [5.41, 5.74) is 2.69. The third-order valence-corrected chi connectivity index (χ3v) is 4.26. The number of carbonyl (C=O) groups is 3. The molecule has 2 aromatic rings. The highest BCUT2D eigenvalue weighted by Crippen LogP contribution is 2.21. The van der Waals surface area contributed by atoms with Crippen LogP contribution in [0.25, 0.3) is 11.1 Å². The zero-order valence-corrected chi connectivity index (χ0v) is 16.6. The Morgan fingerprint density at radius 1 is 1.17 bits per heavy atom. The number of carbonyl (C=O) groups excluding carboxylic acids is 2. The quantitative estimate of drug-likeness (QED) is 0.586. The van der Waals surface area contributed by atoms with Gasteiger partial charge in [0.15, 0.2) is 0 Å². The first kappa shape index (κ1) is 22.4. The van der Waals surface area contributed by atoms with Crippen LogP contribution in [-0.4, -0.2) is 35.6 Å². The van der Waals surface area contributed by atoms with Gasteiger partial charge >= 0.3 is 11.9 Å². The Balaban J connectivity index is 2.11. The Bertz CT molecular complexity index is 931. The number of hydrogen-bond donors (Lipinski definition) is 2. The molecule has 2 aromatic carbocycles. The van der Waals surface area contributed by atoms with Crippen LogP contribution >= 0.6 is 0 Å². The fourth-order valence-corrected chi connectivity index (χ4v) is 2.89. The van der Waals surface area contributed by atoms with Crippen LogP contribution in [-0.2, 0) is 25.5 Å². The van der Waals surface area contributed by atoms with E-state index < -0.39 is 23.9 Å². The topological polar surface area (TPSA) is 116 Å². The van der Waals surface area contributed by atoms with E-state index in [4.69, 9.17) is 9.84 Å². The highest BCUT2D eigenvalue weighted by molar-refractivity contribution is 5.81. The minimum absolute atomic E-state index is 0.0422. The van der Waals surface area contributed by atoms with E-state index in [1.165, 1.54) is 0 Å². The summed E-state index contributed by atoms with van der Waals surface area (Å²) in [6.07, 6.45) is -0.201. The fraction of sp³-hybridized carbons (Fsp3) is 0.304. The van der Waals surface area contributed by atoms with Crippen molar-refractivity contribution in [3.63, 3.8) is 0 Å². The Kier molecular flexibility index (Phi) is 8.40. The third-order valence-electron chi connectivity index (χ3n) is 4.26. The monoisotopic (exact) mass is 406 g/mol. The van der Waals surface area contributed by atoms with Gasteiger partial charge in [0.2, 0.25) is 5.91 Å². The molecule has 0 spiro atoms. The third kappa shape index (κ3) is 6.96.